The highest BCUT2D eigenvalue weighted by molar-refractivity contribution is 5.95. The van der Waals surface area contributed by atoms with Crippen LogP contribution in [0.3, 0.4) is 0 Å². The summed E-state index contributed by atoms with van der Waals surface area (Å²) in [6.07, 6.45) is 7.14. The molecule has 7 rings (SSSR count). The van der Waals surface area contributed by atoms with Crippen molar-refractivity contribution in [1.82, 2.24) is 15.0 Å². The van der Waals surface area contributed by atoms with E-state index in [9.17, 15) is 19.6 Å². The maximum Gasteiger partial charge on any atom is 0.263 e. The standard InChI is InChI=1S/C40H52FN5O4/c1-36(2,26-42)49-32-12-10-28(11-13-32)29-8-7-9-31(24-29)46(33(47)25-45-22-14-30(15-23-45)38(5,6)48)27-39-16-19-40(20-17-39,21-18-39)34-43-35(50-44-34)37(3,4)41/h7-13,24,30,48H,14-23,25,27H2,1-6H3. The molecule has 0 unspecified atom stereocenters. The summed E-state index contributed by atoms with van der Waals surface area (Å²) < 4.78 is 25.8. The maximum absolute atomic E-state index is 14.6. The first-order chi connectivity index (χ1) is 23.5. The van der Waals surface area contributed by atoms with Crippen molar-refractivity contribution in [1.29, 1.82) is 5.26 Å². The number of aromatic nitrogens is 2. The van der Waals surface area contributed by atoms with Gasteiger partial charge in [0.2, 0.25) is 5.91 Å². The average Bonchev–Trinajstić information content (AvgIpc) is 3.61. The van der Waals surface area contributed by atoms with Crippen LogP contribution in [0.2, 0.25) is 0 Å². The lowest BCUT2D eigenvalue weighted by molar-refractivity contribution is -0.121. The Morgan fingerprint density at radius 1 is 1.02 bits per heavy atom. The van der Waals surface area contributed by atoms with Gasteiger partial charge >= 0.3 is 0 Å². The number of nitrogens with zero attached hydrogens (tertiary/aromatic N) is 5. The van der Waals surface area contributed by atoms with Crippen LogP contribution < -0.4 is 9.64 Å². The number of aliphatic hydroxyl groups is 1. The summed E-state index contributed by atoms with van der Waals surface area (Å²) in [5, 5.41) is 24.2. The lowest BCUT2D eigenvalue weighted by Crippen LogP contribution is -2.53. The number of likely N-dealkylation sites (tertiary alicyclic amines) is 1. The molecule has 0 atom stereocenters. The lowest BCUT2D eigenvalue weighted by atomic mass is 9.53. The number of benzene rings is 2. The number of halogens is 1. The van der Waals surface area contributed by atoms with Crippen LogP contribution in [-0.4, -0.2) is 63.4 Å². The molecule has 50 heavy (non-hydrogen) atoms. The quantitative estimate of drug-likeness (QED) is 0.218. The third kappa shape index (κ3) is 7.74. The molecule has 9 nitrogen and oxygen atoms in total. The smallest absolute Gasteiger partial charge is 0.263 e. The number of alkyl halides is 1. The van der Waals surface area contributed by atoms with Crippen LogP contribution in [0.15, 0.2) is 53.1 Å². The number of carbonyl (C=O) groups excluding carboxylic acids is 1. The summed E-state index contributed by atoms with van der Waals surface area (Å²) in [6, 6.07) is 18.1. The van der Waals surface area contributed by atoms with Crippen molar-refractivity contribution >= 4 is 11.6 Å². The van der Waals surface area contributed by atoms with Gasteiger partial charge in [0, 0.05) is 17.6 Å². The van der Waals surface area contributed by atoms with Gasteiger partial charge < -0.3 is 19.3 Å². The molecule has 3 aliphatic carbocycles. The first kappa shape index (κ1) is 36.0. The zero-order valence-corrected chi connectivity index (χ0v) is 30.5. The summed E-state index contributed by atoms with van der Waals surface area (Å²) in [7, 11) is 0. The minimum absolute atomic E-state index is 0.0284. The van der Waals surface area contributed by atoms with Crippen LogP contribution in [0.25, 0.3) is 11.1 Å². The van der Waals surface area contributed by atoms with Gasteiger partial charge in [-0.3, -0.25) is 9.69 Å². The monoisotopic (exact) mass is 685 g/mol. The Hall–Kier alpha value is -3.81. The fourth-order valence-corrected chi connectivity index (χ4v) is 8.14. The van der Waals surface area contributed by atoms with Crippen LogP contribution in [0, 0.1) is 22.7 Å². The molecule has 2 bridgehead atoms. The van der Waals surface area contributed by atoms with E-state index in [1.54, 1.807) is 13.8 Å². The number of carbonyl (C=O) groups is 1. The number of anilines is 1. The molecule has 268 valence electrons. The second-order valence-corrected chi connectivity index (χ2v) is 16.7. The van der Waals surface area contributed by atoms with E-state index < -0.39 is 16.9 Å². The summed E-state index contributed by atoms with van der Waals surface area (Å²) in [4.78, 5) is 23.2. The Balaban J connectivity index is 1.23. The van der Waals surface area contributed by atoms with E-state index in [1.165, 1.54) is 13.8 Å². The molecule has 1 N–H and O–H groups in total. The zero-order chi connectivity index (χ0) is 36.0. The molecule has 4 fully saturated rings. The van der Waals surface area contributed by atoms with E-state index in [4.69, 9.17) is 9.26 Å². The number of piperidine rings is 1. The first-order valence-electron chi connectivity index (χ1n) is 18.1. The fourth-order valence-electron chi connectivity index (χ4n) is 8.14. The van der Waals surface area contributed by atoms with Gasteiger partial charge in [-0.15, -0.1) is 0 Å². The van der Waals surface area contributed by atoms with Gasteiger partial charge in [0.15, 0.2) is 17.1 Å². The van der Waals surface area contributed by atoms with Gasteiger partial charge in [-0.2, -0.15) is 10.2 Å². The Labute approximate surface area is 295 Å². The number of fused-ring (bicyclic) bond motifs is 3. The van der Waals surface area contributed by atoms with Crippen molar-refractivity contribution in [2.24, 2.45) is 11.3 Å². The van der Waals surface area contributed by atoms with Gasteiger partial charge in [0.05, 0.1) is 12.1 Å². The molecule has 1 amide bonds. The van der Waals surface area contributed by atoms with Gasteiger partial charge in [-0.25, -0.2) is 4.39 Å². The molecule has 10 heteroatoms. The molecule has 4 aliphatic rings. The second-order valence-electron chi connectivity index (χ2n) is 16.7. The van der Waals surface area contributed by atoms with E-state index in [1.807, 2.05) is 61.2 Å². The molecule has 0 radical (unpaired) electrons. The number of nitriles is 1. The number of hydrogen-bond acceptors (Lipinski definition) is 8. The van der Waals surface area contributed by atoms with Crippen molar-refractivity contribution < 1.29 is 23.6 Å². The highest BCUT2D eigenvalue weighted by atomic mass is 19.1. The molecule has 2 heterocycles. The number of ether oxygens (including phenoxy) is 1. The topological polar surface area (TPSA) is 116 Å². The number of hydrogen-bond donors (Lipinski definition) is 1. The van der Waals surface area contributed by atoms with Crippen molar-refractivity contribution in [3.8, 4) is 22.9 Å². The second kappa shape index (κ2) is 13.4. The molecule has 2 aromatic carbocycles. The van der Waals surface area contributed by atoms with Gasteiger partial charge in [-0.05, 0) is 153 Å². The van der Waals surface area contributed by atoms with Crippen LogP contribution in [0.5, 0.6) is 5.75 Å². The SMILES string of the molecule is CC(C)(C#N)Oc1ccc(-c2cccc(N(CC34CCC(c5noc(C(C)(C)F)n5)(CC3)CC4)C(=O)CN3CCC(C(C)(C)O)CC3)c2)cc1. The van der Waals surface area contributed by atoms with E-state index in [0.29, 0.717) is 24.7 Å². The fraction of sp³-hybridized carbons (Fsp3) is 0.600. The van der Waals surface area contributed by atoms with Crippen LogP contribution in [0.1, 0.15) is 105 Å². The summed E-state index contributed by atoms with van der Waals surface area (Å²) >= 11 is 0. The maximum atomic E-state index is 14.6. The van der Waals surface area contributed by atoms with Crippen LogP contribution >= 0.6 is 0 Å². The first-order valence-corrected chi connectivity index (χ1v) is 18.1. The summed E-state index contributed by atoms with van der Waals surface area (Å²) in [6.45, 7) is 12.6. The van der Waals surface area contributed by atoms with Crippen LogP contribution in [0.4, 0.5) is 10.1 Å². The third-order valence-corrected chi connectivity index (χ3v) is 11.5. The summed E-state index contributed by atoms with van der Waals surface area (Å²) in [5.41, 5.74) is -0.739. The van der Waals surface area contributed by atoms with E-state index in [0.717, 1.165) is 81.3 Å². The van der Waals surface area contributed by atoms with E-state index in [-0.39, 0.29) is 28.5 Å². The van der Waals surface area contributed by atoms with E-state index >= 15 is 0 Å². The molecule has 3 saturated carbocycles. The average molecular weight is 686 g/mol. The third-order valence-electron chi connectivity index (χ3n) is 11.5. The van der Waals surface area contributed by atoms with Gasteiger partial charge in [0.1, 0.15) is 11.8 Å². The van der Waals surface area contributed by atoms with Crippen molar-refractivity contribution in [3.05, 3.63) is 60.2 Å². The zero-order valence-electron chi connectivity index (χ0n) is 30.5. The normalized spacial score (nSPS) is 23.4. The Bertz CT molecular complexity index is 1680. The molecular formula is C40H52FN5O4. The molecule has 1 aromatic heterocycles. The van der Waals surface area contributed by atoms with Gasteiger partial charge in [0.25, 0.3) is 5.89 Å². The van der Waals surface area contributed by atoms with Crippen molar-refractivity contribution in [2.75, 3.05) is 31.1 Å². The predicted molar refractivity (Wildman–Crippen MR) is 190 cm³/mol. The Morgan fingerprint density at radius 2 is 1.66 bits per heavy atom. The largest absolute Gasteiger partial charge is 0.473 e. The molecule has 1 saturated heterocycles. The Kier molecular flexibility index (Phi) is 9.64. The molecular weight excluding hydrogens is 633 g/mol. The molecule has 3 aromatic rings. The van der Waals surface area contributed by atoms with Crippen molar-refractivity contribution in [3.63, 3.8) is 0 Å². The van der Waals surface area contributed by atoms with E-state index in [2.05, 4.69) is 27.2 Å². The van der Waals surface area contributed by atoms with Crippen LogP contribution in [-0.2, 0) is 15.9 Å². The highest BCUT2D eigenvalue weighted by Gasteiger charge is 2.53. The minimum Gasteiger partial charge on any atom is -0.473 e. The number of rotatable bonds is 11. The predicted octanol–water partition coefficient (Wildman–Crippen LogP) is 7.73. The molecule has 0 spiro atoms. The number of amides is 1. The highest BCUT2D eigenvalue weighted by Crippen LogP contribution is 2.57. The van der Waals surface area contributed by atoms with Gasteiger partial charge in [-0.1, -0.05) is 29.4 Å². The minimum atomic E-state index is -1.68. The molecule has 1 aliphatic heterocycles. The summed E-state index contributed by atoms with van der Waals surface area (Å²) in [5.74, 6) is 1.57. The Morgan fingerprint density at radius 3 is 2.22 bits per heavy atom. The lowest BCUT2D eigenvalue weighted by Gasteiger charge is -2.53. The van der Waals surface area contributed by atoms with Crippen molar-refractivity contribution in [2.45, 2.75) is 115 Å².